The zero-order valence-corrected chi connectivity index (χ0v) is 67.5. The predicted molar refractivity (Wildman–Crippen MR) is 429 cm³/mol. The van der Waals surface area contributed by atoms with E-state index in [0.29, 0.717) is 41.9 Å². The number of carbonyl (C=O) groups excluding carboxylic acids is 7. The first kappa shape index (κ1) is 97.5. The minimum Gasteiger partial charge on any atom is -0.481 e. The molecule has 17 nitrogen and oxygen atoms in total. The summed E-state index contributed by atoms with van der Waals surface area (Å²) in [7, 11) is -3.00. The molecule has 8 rings (SSSR count). The number of carbonyl (C=O) groups is 8. The number of carboxylic acids is 1. The van der Waals surface area contributed by atoms with Gasteiger partial charge in [0.15, 0.2) is 21.4 Å². The molecular formula is C86H130N6O11S. The number of nitrogens with one attached hydrogen (secondary N) is 1. The number of piperazine rings is 1. The van der Waals surface area contributed by atoms with Crippen LogP contribution in [0.4, 0.5) is 11.6 Å². The number of benzene rings is 5. The van der Waals surface area contributed by atoms with Crippen LogP contribution in [-0.2, 0) is 45.0 Å². The molecule has 0 saturated carbocycles. The molecular weight excluding hydrogens is 1330 g/mol. The monoisotopic (exact) mass is 1450 g/mol. The number of hydrogen-bond donors (Lipinski definition) is 2. The number of aryl methyl sites for hydroxylation is 1. The van der Waals surface area contributed by atoms with Crippen molar-refractivity contribution < 1.29 is 51.9 Å². The molecule has 104 heavy (non-hydrogen) atoms. The van der Waals surface area contributed by atoms with Gasteiger partial charge in [0, 0.05) is 112 Å². The lowest BCUT2D eigenvalue weighted by molar-refractivity contribution is -0.140. The Morgan fingerprint density at radius 1 is 0.490 bits per heavy atom. The van der Waals surface area contributed by atoms with Crippen molar-refractivity contribution in [2.75, 3.05) is 55.2 Å². The zero-order valence-electron chi connectivity index (χ0n) is 66.7. The number of unbranched alkanes of at least 4 members (excludes halogenated alkanes) is 1. The van der Waals surface area contributed by atoms with Crippen molar-refractivity contribution in [3.05, 3.63) is 186 Å². The summed E-state index contributed by atoms with van der Waals surface area (Å²) in [6.07, 6.45) is 15.3. The van der Waals surface area contributed by atoms with Gasteiger partial charge < -0.3 is 25.1 Å². The number of carboxylic acid groups (broad SMARTS) is 1. The van der Waals surface area contributed by atoms with E-state index >= 15 is 0 Å². The van der Waals surface area contributed by atoms with Crippen LogP contribution in [-0.4, -0.2) is 125 Å². The second-order valence-electron chi connectivity index (χ2n) is 27.1. The fourth-order valence-electron chi connectivity index (χ4n) is 8.52. The van der Waals surface area contributed by atoms with Gasteiger partial charge in [-0.15, -0.1) is 0 Å². The van der Waals surface area contributed by atoms with Crippen molar-refractivity contribution in [3.8, 4) is 0 Å². The standard InChI is InChI=1S/C14H20O.C13H20N4O.C10H13NO.C9H17NO.C9H10O.C9H12.C8H10O2S.2C5H10O.C4H8O2/c1-4-5-9-14(15)13-8-6-7-12(10-13)11(2)3;1-11(2)10-12(18)16-6-8-17(9-7-16)13-14-4-3-5-15-13;1-8(2)10(12)11-9-6-4-3-5-7-9;1-2-6-9(11)10-7-4-3-5-8-10;1-2-9(10)8-6-4-3-5-7-8;1-2-6-9-7-4-3-5-8-9;1-2-11(9,10)8-6-4-3-5-7-8;2*1-4(2)5(3)6;1-3(2)4(5)6/h6-8,10-11H,4-5,9H2,1-3H3;3-5,11H,6-10H2,1-2H3;3-8H,1-2H3,(H,11,12);2-8H2,1H3;3-7H,2H2,1H3;3-5,7-8H,2,6H2,1H3;3-7H,2H2,1H3;2*4H,1-3H3;3H,1-2H3,(H,5,6). The Bertz CT molecular complexity index is 3330. The number of sulfone groups is 1. The molecule has 2 N–H and O–H groups in total. The average molecular weight is 1460 g/mol. The maximum absolute atomic E-state index is 11.9. The highest BCUT2D eigenvalue weighted by molar-refractivity contribution is 7.91. The average Bonchev–Trinajstić information content (AvgIpc) is 0.872. The molecule has 2 aliphatic rings. The van der Waals surface area contributed by atoms with Crippen molar-refractivity contribution >= 4 is 68.3 Å². The molecule has 2 aliphatic heterocycles. The van der Waals surface area contributed by atoms with E-state index in [1.54, 1.807) is 77.3 Å². The van der Waals surface area contributed by atoms with Crippen LogP contribution in [0.15, 0.2) is 169 Å². The summed E-state index contributed by atoms with van der Waals surface area (Å²) in [5, 5.41) is 10.8. The SMILES string of the molecule is CC(=O)C(C)C.CC(=O)C(C)C.CC(C)C(=O)Nc1ccccc1.CC(C)C(=O)O.CC(C)CC(=O)N1CCN(c2ncccn2)CC1.CCC(=O)c1ccccc1.CCCC(=O)N1CCCCC1.CCCCC(=O)c1cccc(C(C)C)c1.CCCc1ccccc1.CCS(=O)(=O)c1ccccc1. The number of anilines is 2. The number of aliphatic carboxylic acids is 1. The van der Waals surface area contributed by atoms with Gasteiger partial charge in [-0.25, -0.2) is 18.4 Å². The number of ketones is 4. The highest BCUT2D eigenvalue weighted by Gasteiger charge is 2.23. The van der Waals surface area contributed by atoms with Crippen molar-refractivity contribution in [3.63, 3.8) is 0 Å². The first-order chi connectivity index (χ1) is 49.2. The number of aromatic nitrogens is 2. The van der Waals surface area contributed by atoms with Gasteiger partial charge in [0.25, 0.3) is 0 Å². The second-order valence-corrected chi connectivity index (χ2v) is 29.4. The molecule has 0 unspecified atom stereocenters. The number of para-hydroxylation sites is 1. The topological polar surface area (TPSA) is 238 Å². The van der Waals surface area contributed by atoms with Gasteiger partial charge in [0.1, 0.15) is 11.6 Å². The van der Waals surface area contributed by atoms with Gasteiger partial charge in [-0.2, -0.15) is 0 Å². The normalized spacial score (nSPS) is 12.0. The number of nitrogens with zero attached hydrogens (tertiary/aromatic N) is 5. The second kappa shape index (κ2) is 58.8. The number of Topliss-reactive ketones (excluding diaryl/α,β-unsaturated/α-hetero) is 4. The summed E-state index contributed by atoms with van der Waals surface area (Å²) < 4.78 is 22.4. The summed E-state index contributed by atoms with van der Waals surface area (Å²) in [6.45, 7) is 41.3. The van der Waals surface area contributed by atoms with Crippen LogP contribution >= 0.6 is 0 Å². The highest BCUT2D eigenvalue weighted by Crippen LogP contribution is 2.18. The Labute approximate surface area is 627 Å². The summed E-state index contributed by atoms with van der Waals surface area (Å²) in [4.78, 5) is 102. The van der Waals surface area contributed by atoms with E-state index in [9.17, 15) is 46.8 Å². The van der Waals surface area contributed by atoms with Crippen LogP contribution in [0.2, 0.25) is 0 Å². The van der Waals surface area contributed by atoms with E-state index in [1.807, 2.05) is 143 Å². The van der Waals surface area contributed by atoms with Crippen LogP contribution in [0.3, 0.4) is 0 Å². The van der Waals surface area contributed by atoms with Crippen molar-refractivity contribution in [1.82, 2.24) is 19.8 Å². The fourth-order valence-corrected chi connectivity index (χ4v) is 9.43. The Morgan fingerprint density at radius 3 is 1.37 bits per heavy atom. The third kappa shape index (κ3) is 48.4. The van der Waals surface area contributed by atoms with Gasteiger partial charge in [-0.1, -0.05) is 246 Å². The molecule has 0 atom stereocenters. The van der Waals surface area contributed by atoms with Gasteiger partial charge in [0.2, 0.25) is 23.7 Å². The van der Waals surface area contributed by atoms with E-state index in [-0.39, 0.29) is 64.4 Å². The lowest BCUT2D eigenvalue weighted by atomic mass is 9.98. The number of likely N-dealkylation sites (tertiary alicyclic amines) is 1. The van der Waals surface area contributed by atoms with Crippen LogP contribution in [0.25, 0.3) is 0 Å². The summed E-state index contributed by atoms with van der Waals surface area (Å²) >= 11 is 0. The lowest BCUT2D eigenvalue weighted by Gasteiger charge is -2.35. The van der Waals surface area contributed by atoms with Gasteiger partial charge in [-0.3, -0.25) is 38.4 Å². The fraction of sp³-hybridized carbons (Fsp3) is 0.512. The number of hydrogen-bond acceptors (Lipinski definition) is 13. The predicted octanol–water partition coefficient (Wildman–Crippen LogP) is 19.0. The van der Waals surface area contributed by atoms with Crippen molar-refractivity contribution in [2.24, 2.45) is 29.6 Å². The minimum absolute atomic E-state index is 0.0326. The maximum atomic E-state index is 11.9. The van der Waals surface area contributed by atoms with Crippen LogP contribution in [0.5, 0.6) is 0 Å². The van der Waals surface area contributed by atoms with E-state index in [1.165, 1.54) is 43.2 Å². The summed E-state index contributed by atoms with van der Waals surface area (Å²) in [6, 6.07) is 47.7. The van der Waals surface area contributed by atoms with Crippen LogP contribution < -0.4 is 10.2 Å². The number of amides is 3. The van der Waals surface area contributed by atoms with E-state index in [4.69, 9.17) is 5.11 Å². The van der Waals surface area contributed by atoms with Crippen molar-refractivity contribution in [2.45, 2.75) is 219 Å². The quantitative estimate of drug-likeness (QED) is 0.0638. The molecule has 18 heteroatoms. The molecule has 6 aromatic rings. The molecule has 2 fully saturated rings. The molecule has 0 radical (unpaired) electrons. The molecule has 3 heterocycles. The molecule has 0 spiro atoms. The molecule has 3 amide bonds. The van der Waals surface area contributed by atoms with E-state index in [2.05, 4.69) is 105 Å². The van der Waals surface area contributed by atoms with Crippen LogP contribution in [0, 0.1) is 29.6 Å². The van der Waals surface area contributed by atoms with E-state index < -0.39 is 15.8 Å². The maximum Gasteiger partial charge on any atom is 0.305 e. The van der Waals surface area contributed by atoms with Crippen molar-refractivity contribution in [1.29, 1.82) is 0 Å². The Morgan fingerprint density at radius 2 is 0.952 bits per heavy atom. The molecule has 0 aliphatic carbocycles. The number of piperidine rings is 1. The molecule has 576 valence electrons. The molecule has 2 saturated heterocycles. The highest BCUT2D eigenvalue weighted by atomic mass is 32.2. The van der Waals surface area contributed by atoms with Gasteiger partial charge in [0.05, 0.1) is 16.6 Å². The Kier molecular flexibility index (Phi) is 55.2. The smallest absolute Gasteiger partial charge is 0.305 e. The first-order valence-corrected chi connectivity index (χ1v) is 39.1. The van der Waals surface area contributed by atoms with Gasteiger partial charge in [-0.05, 0) is 112 Å². The third-order valence-corrected chi connectivity index (χ3v) is 17.6. The Hall–Kier alpha value is -8.51. The summed E-state index contributed by atoms with van der Waals surface area (Å²) in [5.74, 6) is 3.00. The largest absolute Gasteiger partial charge is 0.481 e. The zero-order chi connectivity index (χ0) is 79.0. The lowest BCUT2D eigenvalue weighted by Crippen LogP contribution is -2.49. The van der Waals surface area contributed by atoms with E-state index in [0.717, 1.165) is 87.7 Å². The summed E-state index contributed by atoms with van der Waals surface area (Å²) in [5.41, 5.74) is 5.23. The first-order valence-electron chi connectivity index (χ1n) is 37.4. The van der Waals surface area contributed by atoms with Gasteiger partial charge >= 0.3 is 5.97 Å². The van der Waals surface area contributed by atoms with Crippen LogP contribution in [0.1, 0.15) is 240 Å². The Balaban J connectivity index is 0. The third-order valence-electron chi connectivity index (χ3n) is 15.8. The molecule has 5 aromatic carbocycles. The minimum atomic E-state index is -3.00. The number of rotatable bonds is 21. The molecule has 0 bridgehead atoms. The molecule has 1 aromatic heterocycles.